The first-order valence-corrected chi connectivity index (χ1v) is 6.85. The van der Waals surface area contributed by atoms with Crippen LogP contribution in [0.15, 0.2) is 12.1 Å². The molecular weight excluding hydrogens is 274 g/mol. The van der Waals surface area contributed by atoms with E-state index >= 15 is 0 Å². The van der Waals surface area contributed by atoms with Gasteiger partial charge in [-0.1, -0.05) is 30.1 Å². The fourth-order valence-corrected chi connectivity index (χ4v) is 3.31. The molecule has 1 saturated heterocycles. The molecule has 100 valence electrons. The second-order valence-electron chi connectivity index (χ2n) is 4.83. The first kappa shape index (κ1) is 13.9. The van der Waals surface area contributed by atoms with Gasteiger partial charge in [0.15, 0.2) is 0 Å². The van der Waals surface area contributed by atoms with Gasteiger partial charge in [0, 0.05) is 19.1 Å². The van der Waals surface area contributed by atoms with Gasteiger partial charge in [-0.2, -0.15) is 0 Å². The predicted octanol–water partition coefficient (Wildman–Crippen LogP) is 3.57. The van der Waals surface area contributed by atoms with Crippen LogP contribution < -0.4 is 10.2 Å². The summed E-state index contributed by atoms with van der Waals surface area (Å²) in [4.78, 5) is 2.14. The molecule has 1 aliphatic rings. The third kappa shape index (κ3) is 2.73. The van der Waals surface area contributed by atoms with Crippen LogP contribution in [0.3, 0.4) is 0 Å². The molecule has 0 aromatic heterocycles. The molecule has 2 unspecified atom stereocenters. The van der Waals surface area contributed by atoms with Crippen LogP contribution in [0.4, 0.5) is 10.1 Å². The lowest BCUT2D eigenvalue weighted by molar-refractivity contribution is 0.339. The number of benzene rings is 1. The maximum Gasteiger partial charge on any atom is 0.126 e. The summed E-state index contributed by atoms with van der Waals surface area (Å²) in [7, 11) is 1.98. The van der Waals surface area contributed by atoms with E-state index in [9.17, 15) is 4.39 Å². The summed E-state index contributed by atoms with van der Waals surface area (Å²) in [6.07, 6.45) is 1.03. The Kier molecular flexibility index (Phi) is 4.36. The Hall–Kier alpha value is -0.510. The zero-order valence-corrected chi connectivity index (χ0v) is 12.0. The molecule has 0 amide bonds. The van der Waals surface area contributed by atoms with E-state index in [-0.39, 0.29) is 0 Å². The van der Waals surface area contributed by atoms with Crippen molar-refractivity contribution in [1.29, 1.82) is 0 Å². The molecule has 18 heavy (non-hydrogen) atoms. The summed E-state index contributed by atoms with van der Waals surface area (Å²) in [5.74, 6) is 0.104. The minimum absolute atomic E-state index is 0.384. The third-order valence-corrected chi connectivity index (χ3v) is 4.15. The van der Waals surface area contributed by atoms with Crippen molar-refractivity contribution in [1.82, 2.24) is 5.32 Å². The molecule has 1 N–H and O–H groups in total. The number of nitrogens with zero attached hydrogens (tertiary/aromatic N) is 1. The molecule has 1 heterocycles. The summed E-state index contributed by atoms with van der Waals surface area (Å²) >= 11 is 12.2. The highest BCUT2D eigenvalue weighted by Crippen LogP contribution is 2.36. The van der Waals surface area contributed by atoms with E-state index in [1.807, 2.05) is 7.05 Å². The fraction of sp³-hybridized carbons (Fsp3) is 0.538. The molecule has 2 atom stereocenters. The zero-order valence-electron chi connectivity index (χ0n) is 10.5. The first-order valence-electron chi connectivity index (χ1n) is 6.09. The molecule has 0 saturated carbocycles. The Morgan fingerprint density at radius 1 is 1.33 bits per heavy atom. The fourth-order valence-electron chi connectivity index (χ4n) is 2.61. The van der Waals surface area contributed by atoms with Crippen LogP contribution in [0.1, 0.15) is 13.3 Å². The molecular formula is C13H17Cl2FN2. The van der Waals surface area contributed by atoms with Crippen molar-refractivity contribution in [3.63, 3.8) is 0 Å². The normalized spacial score (nSPS) is 24.4. The number of nitrogens with one attached hydrogen (secondary N) is 1. The van der Waals surface area contributed by atoms with Crippen LogP contribution in [0.5, 0.6) is 0 Å². The molecule has 1 aliphatic heterocycles. The standard InChI is InChI=1S/C13H17Cl2FN2/c1-8-7-18(4-3-12(8)17-2)13-10(14)5-9(16)6-11(13)15/h5-6,8,12,17H,3-4,7H2,1-2H3. The SMILES string of the molecule is CNC1CCN(c2c(Cl)cc(F)cc2Cl)CC1C. The number of hydrogen-bond acceptors (Lipinski definition) is 2. The van der Waals surface area contributed by atoms with E-state index in [1.54, 1.807) is 0 Å². The molecule has 0 aliphatic carbocycles. The van der Waals surface area contributed by atoms with Gasteiger partial charge < -0.3 is 10.2 Å². The van der Waals surface area contributed by atoms with Gasteiger partial charge in [-0.3, -0.25) is 0 Å². The number of piperidine rings is 1. The van der Waals surface area contributed by atoms with Gasteiger partial charge in [-0.25, -0.2) is 4.39 Å². The predicted molar refractivity (Wildman–Crippen MR) is 75.3 cm³/mol. The molecule has 0 radical (unpaired) electrons. The Morgan fingerprint density at radius 2 is 1.94 bits per heavy atom. The maximum atomic E-state index is 13.2. The Morgan fingerprint density at radius 3 is 2.44 bits per heavy atom. The summed E-state index contributed by atoms with van der Waals surface area (Å²) < 4.78 is 13.2. The summed E-state index contributed by atoms with van der Waals surface area (Å²) in [5.41, 5.74) is 0.751. The van der Waals surface area contributed by atoms with Crippen LogP contribution in [0.25, 0.3) is 0 Å². The lowest BCUT2D eigenvalue weighted by Gasteiger charge is -2.38. The zero-order chi connectivity index (χ0) is 13.3. The van der Waals surface area contributed by atoms with Crippen molar-refractivity contribution in [3.05, 3.63) is 28.0 Å². The molecule has 0 spiro atoms. The molecule has 2 nitrogen and oxygen atoms in total. The summed E-state index contributed by atoms with van der Waals surface area (Å²) in [6.45, 7) is 3.94. The van der Waals surface area contributed by atoms with Crippen LogP contribution in [0.2, 0.25) is 10.0 Å². The molecule has 0 bridgehead atoms. The number of hydrogen-bond donors (Lipinski definition) is 1. The van der Waals surface area contributed by atoms with Crippen molar-refractivity contribution in [2.45, 2.75) is 19.4 Å². The highest BCUT2D eigenvalue weighted by molar-refractivity contribution is 6.39. The molecule has 1 aromatic carbocycles. The van der Waals surface area contributed by atoms with Gasteiger partial charge in [0.05, 0.1) is 15.7 Å². The second kappa shape index (κ2) is 5.64. The Labute approximate surface area is 117 Å². The van der Waals surface area contributed by atoms with Gasteiger partial charge in [0.1, 0.15) is 5.82 Å². The molecule has 1 fully saturated rings. The Balaban J connectivity index is 2.23. The lowest BCUT2D eigenvalue weighted by Crippen LogP contribution is -2.47. The number of halogens is 3. The number of anilines is 1. The van der Waals surface area contributed by atoms with Crippen LogP contribution in [-0.2, 0) is 0 Å². The number of rotatable bonds is 2. The topological polar surface area (TPSA) is 15.3 Å². The van der Waals surface area contributed by atoms with E-state index in [0.717, 1.165) is 25.2 Å². The molecule has 5 heteroatoms. The largest absolute Gasteiger partial charge is 0.369 e. The van der Waals surface area contributed by atoms with Gasteiger partial charge >= 0.3 is 0 Å². The van der Waals surface area contributed by atoms with Crippen molar-refractivity contribution >= 4 is 28.9 Å². The smallest absolute Gasteiger partial charge is 0.126 e. The van der Waals surface area contributed by atoms with E-state index in [2.05, 4.69) is 17.1 Å². The minimum Gasteiger partial charge on any atom is -0.369 e. The van der Waals surface area contributed by atoms with Crippen molar-refractivity contribution < 1.29 is 4.39 Å². The average Bonchev–Trinajstić information content (AvgIpc) is 2.27. The Bertz CT molecular complexity index is 416. The van der Waals surface area contributed by atoms with Crippen LogP contribution >= 0.6 is 23.2 Å². The summed E-state index contributed by atoms with van der Waals surface area (Å²) in [6, 6.07) is 3.15. The monoisotopic (exact) mass is 290 g/mol. The second-order valence-corrected chi connectivity index (χ2v) is 5.64. The van der Waals surface area contributed by atoms with E-state index in [0.29, 0.717) is 22.0 Å². The quantitative estimate of drug-likeness (QED) is 0.896. The van der Waals surface area contributed by atoms with Crippen molar-refractivity contribution in [2.75, 3.05) is 25.0 Å². The highest BCUT2D eigenvalue weighted by Gasteiger charge is 2.27. The third-order valence-electron chi connectivity index (χ3n) is 3.57. The van der Waals surface area contributed by atoms with Gasteiger partial charge in [-0.05, 0) is 31.5 Å². The van der Waals surface area contributed by atoms with E-state index < -0.39 is 5.82 Å². The highest BCUT2D eigenvalue weighted by atomic mass is 35.5. The molecule has 2 rings (SSSR count). The lowest BCUT2D eigenvalue weighted by atomic mass is 9.93. The van der Waals surface area contributed by atoms with Gasteiger partial charge in [-0.15, -0.1) is 0 Å². The van der Waals surface area contributed by atoms with E-state index in [4.69, 9.17) is 23.2 Å². The maximum absolute atomic E-state index is 13.2. The van der Waals surface area contributed by atoms with Gasteiger partial charge in [0.2, 0.25) is 0 Å². The van der Waals surface area contributed by atoms with Crippen molar-refractivity contribution in [3.8, 4) is 0 Å². The minimum atomic E-state index is -0.396. The average molecular weight is 291 g/mol. The van der Waals surface area contributed by atoms with Crippen LogP contribution in [0, 0.1) is 11.7 Å². The van der Waals surface area contributed by atoms with E-state index in [1.165, 1.54) is 12.1 Å². The van der Waals surface area contributed by atoms with Crippen LogP contribution in [-0.4, -0.2) is 26.2 Å². The molecule has 1 aromatic rings. The first-order chi connectivity index (χ1) is 8.52. The summed E-state index contributed by atoms with van der Waals surface area (Å²) in [5, 5.41) is 4.08. The van der Waals surface area contributed by atoms with Gasteiger partial charge in [0.25, 0.3) is 0 Å². The van der Waals surface area contributed by atoms with Crippen molar-refractivity contribution in [2.24, 2.45) is 5.92 Å².